The second-order valence-corrected chi connectivity index (χ2v) is 4.47. The van der Waals surface area contributed by atoms with Crippen LogP contribution in [0.25, 0.3) is 0 Å². The molecule has 0 spiro atoms. The van der Waals surface area contributed by atoms with Crippen LogP contribution in [-0.4, -0.2) is 27.8 Å². The summed E-state index contributed by atoms with van der Waals surface area (Å²) in [6, 6.07) is -0.0167. The lowest BCUT2D eigenvalue weighted by Gasteiger charge is -2.15. The summed E-state index contributed by atoms with van der Waals surface area (Å²) >= 11 is 0. The zero-order valence-corrected chi connectivity index (χ0v) is 11.0. The van der Waals surface area contributed by atoms with E-state index < -0.39 is 0 Å². The number of nitrogens with one attached hydrogen (secondary N) is 2. The standard InChI is InChI=1S/C12H22N4O/c1-5-16-8-11(7-14-16)6-13-10(4)12(17)15-9(2)3/h7-10,13H,5-6H2,1-4H3,(H,15,17). The Morgan fingerprint density at radius 1 is 1.47 bits per heavy atom. The van der Waals surface area contributed by atoms with E-state index in [1.165, 1.54) is 0 Å². The Bertz CT molecular complexity index is 359. The van der Waals surface area contributed by atoms with Crippen LogP contribution < -0.4 is 10.6 Å². The highest BCUT2D eigenvalue weighted by atomic mass is 16.2. The minimum Gasteiger partial charge on any atom is -0.353 e. The Balaban J connectivity index is 2.37. The van der Waals surface area contributed by atoms with Gasteiger partial charge in [-0.05, 0) is 27.7 Å². The van der Waals surface area contributed by atoms with E-state index in [1.807, 2.05) is 44.8 Å². The van der Waals surface area contributed by atoms with Crippen LogP contribution in [0.3, 0.4) is 0 Å². The van der Waals surface area contributed by atoms with Gasteiger partial charge in [0.25, 0.3) is 0 Å². The van der Waals surface area contributed by atoms with Crippen molar-refractivity contribution in [3.63, 3.8) is 0 Å². The fraction of sp³-hybridized carbons (Fsp3) is 0.667. The lowest BCUT2D eigenvalue weighted by atomic mass is 10.2. The Morgan fingerprint density at radius 2 is 2.18 bits per heavy atom. The summed E-state index contributed by atoms with van der Waals surface area (Å²) in [6.45, 7) is 9.34. The maximum atomic E-state index is 11.6. The maximum absolute atomic E-state index is 11.6. The third-order valence-electron chi connectivity index (χ3n) is 2.45. The molecule has 1 atom stereocenters. The van der Waals surface area contributed by atoms with Crippen LogP contribution >= 0.6 is 0 Å². The number of aromatic nitrogens is 2. The minimum atomic E-state index is -0.192. The SMILES string of the molecule is CCn1cc(CNC(C)C(=O)NC(C)C)cn1. The van der Waals surface area contributed by atoms with Crippen LogP contribution in [0, 0.1) is 0 Å². The lowest BCUT2D eigenvalue weighted by molar-refractivity contribution is -0.123. The summed E-state index contributed by atoms with van der Waals surface area (Å²) in [7, 11) is 0. The first kappa shape index (κ1) is 13.7. The number of carbonyl (C=O) groups excluding carboxylic acids is 1. The number of aryl methyl sites for hydroxylation is 1. The van der Waals surface area contributed by atoms with Gasteiger partial charge >= 0.3 is 0 Å². The maximum Gasteiger partial charge on any atom is 0.237 e. The van der Waals surface area contributed by atoms with Crippen LogP contribution in [0.4, 0.5) is 0 Å². The van der Waals surface area contributed by atoms with E-state index in [0.29, 0.717) is 6.54 Å². The van der Waals surface area contributed by atoms with Crippen molar-refractivity contribution in [1.29, 1.82) is 0 Å². The molecule has 1 heterocycles. The van der Waals surface area contributed by atoms with E-state index in [-0.39, 0.29) is 18.0 Å². The molecule has 17 heavy (non-hydrogen) atoms. The van der Waals surface area contributed by atoms with E-state index in [4.69, 9.17) is 0 Å². The third-order valence-corrected chi connectivity index (χ3v) is 2.45. The number of carbonyl (C=O) groups is 1. The number of nitrogens with zero attached hydrogens (tertiary/aromatic N) is 2. The number of hydrogen-bond acceptors (Lipinski definition) is 3. The predicted octanol–water partition coefficient (Wildman–Crippen LogP) is 0.906. The van der Waals surface area contributed by atoms with Crippen molar-refractivity contribution in [2.24, 2.45) is 0 Å². The first-order valence-corrected chi connectivity index (χ1v) is 6.08. The molecular formula is C12H22N4O. The van der Waals surface area contributed by atoms with Gasteiger partial charge in [0.15, 0.2) is 0 Å². The highest BCUT2D eigenvalue weighted by Gasteiger charge is 2.12. The molecule has 0 radical (unpaired) electrons. The summed E-state index contributed by atoms with van der Waals surface area (Å²) in [6.07, 6.45) is 3.81. The normalized spacial score (nSPS) is 12.8. The van der Waals surface area contributed by atoms with Gasteiger partial charge in [0.05, 0.1) is 12.2 Å². The Hall–Kier alpha value is -1.36. The van der Waals surface area contributed by atoms with Gasteiger partial charge in [-0.1, -0.05) is 0 Å². The van der Waals surface area contributed by atoms with Crippen LogP contribution in [0.5, 0.6) is 0 Å². The first-order chi connectivity index (χ1) is 8.02. The van der Waals surface area contributed by atoms with E-state index in [2.05, 4.69) is 15.7 Å². The number of amides is 1. The molecule has 5 heteroatoms. The number of hydrogen-bond donors (Lipinski definition) is 2. The fourth-order valence-corrected chi connectivity index (χ4v) is 1.44. The molecule has 1 rings (SSSR count). The molecule has 0 aliphatic carbocycles. The largest absolute Gasteiger partial charge is 0.353 e. The Kier molecular flexibility index (Phi) is 5.15. The summed E-state index contributed by atoms with van der Waals surface area (Å²) in [5.41, 5.74) is 1.09. The molecule has 1 aromatic heterocycles. The summed E-state index contributed by atoms with van der Waals surface area (Å²) in [5.74, 6) is 0.0304. The van der Waals surface area contributed by atoms with Crippen molar-refractivity contribution < 1.29 is 4.79 Å². The monoisotopic (exact) mass is 238 g/mol. The molecule has 1 unspecified atom stereocenters. The lowest BCUT2D eigenvalue weighted by Crippen LogP contribution is -2.44. The van der Waals surface area contributed by atoms with Gasteiger partial charge in [0.2, 0.25) is 5.91 Å². The van der Waals surface area contributed by atoms with Crippen molar-refractivity contribution >= 4 is 5.91 Å². The predicted molar refractivity (Wildman–Crippen MR) is 67.5 cm³/mol. The average Bonchev–Trinajstić information content (AvgIpc) is 2.72. The van der Waals surface area contributed by atoms with Crippen molar-refractivity contribution in [2.75, 3.05) is 0 Å². The van der Waals surface area contributed by atoms with Crippen molar-refractivity contribution in [2.45, 2.75) is 52.9 Å². The van der Waals surface area contributed by atoms with Crippen LogP contribution in [-0.2, 0) is 17.9 Å². The smallest absolute Gasteiger partial charge is 0.237 e. The van der Waals surface area contributed by atoms with E-state index in [1.54, 1.807) is 0 Å². The minimum absolute atomic E-state index is 0.0304. The molecule has 0 aromatic carbocycles. The fourth-order valence-electron chi connectivity index (χ4n) is 1.44. The van der Waals surface area contributed by atoms with Gasteiger partial charge in [-0.15, -0.1) is 0 Å². The first-order valence-electron chi connectivity index (χ1n) is 6.08. The molecular weight excluding hydrogens is 216 g/mol. The van der Waals surface area contributed by atoms with Crippen LogP contribution in [0.2, 0.25) is 0 Å². The van der Waals surface area contributed by atoms with E-state index >= 15 is 0 Å². The molecule has 0 aliphatic rings. The van der Waals surface area contributed by atoms with Crippen molar-refractivity contribution in [3.8, 4) is 0 Å². The Labute approximate surface area is 103 Å². The molecule has 2 N–H and O–H groups in total. The second-order valence-electron chi connectivity index (χ2n) is 4.47. The van der Waals surface area contributed by atoms with E-state index in [9.17, 15) is 4.79 Å². The molecule has 0 saturated carbocycles. The Morgan fingerprint density at radius 3 is 2.71 bits per heavy atom. The third kappa shape index (κ3) is 4.56. The van der Waals surface area contributed by atoms with Gasteiger partial charge in [-0.3, -0.25) is 9.48 Å². The number of rotatable bonds is 6. The van der Waals surface area contributed by atoms with Crippen LogP contribution in [0.15, 0.2) is 12.4 Å². The highest BCUT2D eigenvalue weighted by molar-refractivity contribution is 5.81. The van der Waals surface area contributed by atoms with Gasteiger partial charge < -0.3 is 10.6 Å². The highest BCUT2D eigenvalue weighted by Crippen LogP contribution is 1.98. The molecule has 1 amide bonds. The molecule has 96 valence electrons. The van der Waals surface area contributed by atoms with Gasteiger partial charge in [0, 0.05) is 30.9 Å². The van der Waals surface area contributed by atoms with Crippen LogP contribution in [0.1, 0.15) is 33.3 Å². The summed E-state index contributed by atoms with van der Waals surface area (Å²) in [4.78, 5) is 11.6. The molecule has 0 bridgehead atoms. The zero-order valence-electron chi connectivity index (χ0n) is 11.0. The zero-order chi connectivity index (χ0) is 12.8. The van der Waals surface area contributed by atoms with E-state index in [0.717, 1.165) is 12.1 Å². The van der Waals surface area contributed by atoms with Crippen molar-refractivity contribution in [1.82, 2.24) is 20.4 Å². The van der Waals surface area contributed by atoms with Gasteiger partial charge in [0.1, 0.15) is 0 Å². The van der Waals surface area contributed by atoms with Gasteiger partial charge in [-0.2, -0.15) is 5.10 Å². The summed E-state index contributed by atoms with van der Waals surface area (Å²) in [5, 5.41) is 10.2. The quantitative estimate of drug-likeness (QED) is 0.774. The molecule has 0 saturated heterocycles. The molecule has 5 nitrogen and oxygen atoms in total. The second kappa shape index (κ2) is 6.39. The van der Waals surface area contributed by atoms with Gasteiger partial charge in [-0.25, -0.2) is 0 Å². The van der Waals surface area contributed by atoms with Crippen molar-refractivity contribution in [3.05, 3.63) is 18.0 Å². The summed E-state index contributed by atoms with van der Waals surface area (Å²) < 4.78 is 1.87. The average molecular weight is 238 g/mol. The topological polar surface area (TPSA) is 59.0 Å². The molecule has 1 aromatic rings. The molecule has 0 aliphatic heterocycles. The molecule has 0 fully saturated rings.